The molecule has 1 spiro atoms. The number of rotatable bonds is 3. The Balaban J connectivity index is 1.83. The quantitative estimate of drug-likeness (QED) is 0.774. The minimum atomic E-state index is -1.51. The van der Waals surface area contributed by atoms with E-state index in [1.165, 1.54) is 0 Å². The Bertz CT molecular complexity index is 1170. The first-order valence-electron chi connectivity index (χ1n) is 10.1. The van der Waals surface area contributed by atoms with Crippen molar-refractivity contribution in [1.29, 1.82) is 10.5 Å². The minimum Gasteiger partial charge on any atom is -0.464 e. The van der Waals surface area contributed by atoms with Crippen LogP contribution >= 0.6 is 0 Å². The first-order valence-corrected chi connectivity index (χ1v) is 10.1. The fourth-order valence-electron chi connectivity index (χ4n) is 5.50. The topological polar surface area (TPSA) is 97.9 Å². The number of esters is 1. The zero-order valence-electron chi connectivity index (χ0n) is 16.5. The molecule has 3 aliphatic rings. The number of benzene rings is 2. The third-order valence-corrected chi connectivity index (χ3v) is 6.62. The van der Waals surface area contributed by atoms with E-state index >= 15 is 0 Å². The fraction of sp³-hybridized carbons (Fsp3) is 0.292. The first-order chi connectivity index (χ1) is 14.6. The number of carbonyl (C=O) groups excluding carboxylic acids is 1. The van der Waals surface area contributed by atoms with Gasteiger partial charge in [-0.05, 0) is 42.7 Å². The predicted octanol–water partition coefficient (Wildman–Crippen LogP) is 3.08. The van der Waals surface area contributed by atoms with Gasteiger partial charge in [-0.1, -0.05) is 30.3 Å². The molecule has 1 aliphatic carbocycles. The molecule has 0 amide bonds. The van der Waals surface area contributed by atoms with Gasteiger partial charge in [-0.2, -0.15) is 10.5 Å². The van der Waals surface area contributed by atoms with E-state index in [4.69, 9.17) is 4.74 Å². The van der Waals surface area contributed by atoms with Crippen LogP contribution in [0, 0.1) is 28.1 Å². The van der Waals surface area contributed by atoms with Gasteiger partial charge in [0.25, 0.3) is 0 Å². The Morgan fingerprint density at radius 1 is 1.20 bits per heavy atom. The van der Waals surface area contributed by atoms with E-state index in [2.05, 4.69) is 28.8 Å². The SMILES string of the molecule is CCOC(=O)[C@@]1(C#N)C(c2ccc(C#N)cc2)=C2NCCC23c2ccccc2NC31. The van der Waals surface area contributed by atoms with Crippen LogP contribution < -0.4 is 10.6 Å². The van der Waals surface area contributed by atoms with Crippen LogP contribution in [0.5, 0.6) is 0 Å². The lowest BCUT2D eigenvalue weighted by Crippen LogP contribution is -2.50. The lowest BCUT2D eigenvalue weighted by Gasteiger charge is -2.33. The van der Waals surface area contributed by atoms with Gasteiger partial charge in [-0.25, -0.2) is 4.79 Å². The number of para-hydroxylation sites is 1. The number of ether oxygens (including phenoxy) is 1. The summed E-state index contributed by atoms with van der Waals surface area (Å²) in [4.78, 5) is 13.4. The van der Waals surface area contributed by atoms with E-state index < -0.39 is 22.8 Å². The molecule has 1 fully saturated rings. The van der Waals surface area contributed by atoms with Gasteiger partial charge in [0.05, 0.1) is 35.8 Å². The molecule has 2 aliphatic heterocycles. The van der Waals surface area contributed by atoms with Crippen molar-refractivity contribution in [2.24, 2.45) is 5.41 Å². The zero-order chi connectivity index (χ0) is 20.9. The summed E-state index contributed by atoms with van der Waals surface area (Å²) in [7, 11) is 0. The van der Waals surface area contributed by atoms with Gasteiger partial charge in [0, 0.05) is 23.5 Å². The Morgan fingerprint density at radius 3 is 2.67 bits per heavy atom. The number of hydrogen-bond donors (Lipinski definition) is 2. The number of nitriles is 2. The first kappa shape index (κ1) is 18.3. The largest absolute Gasteiger partial charge is 0.464 e. The number of anilines is 1. The summed E-state index contributed by atoms with van der Waals surface area (Å²) in [6.07, 6.45) is 0.777. The Kier molecular flexibility index (Phi) is 3.88. The molecule has 0 saturated carbocycles. The van der Waals surface area contributed by atoms with E-state index in [-0.39, 0.29) is 6.61 Å². The van der Waals surface area contributed by atoms with E-state index in [9.17, 15) is 15.3 Å². The van der Waals surface area contributed by atoms with Crippen LogP contribution in [0.4, 0.5) is 5.69 Å². The van der Waals surface area contributed by atoms with Crippen LogP contribution in [0.2, 0.25) is 0 Å². The Hall–Kier alpha value is -3.77. The average molecular weight is 396 g/mol. The summed E-state index contributed by atoms with van der Waals surface area (Å²) in [5.41, 5.74) is 2.88. The van der Waals surface area contributed by atoms with Crippen LogP contribution in [-0.2, 0) is 14.9 Å². The molecule has 2 aromatic rings. The zero-order valence-corrected chi connectivity index (χ0v) is 16.5. The number of carbonyl (C=O) groups is 1. The van der Waals surface area contributed by atoms with E-state index in [0.29, 0.717) is 11.1 Å². The normalized spacial score (nSPS) is 27.8. The van der Waals surface area contributed by atoms with Crippen LogP contribution in [0.3, 0.4) is 0 Å². The molecule has 148 valence electrons. The maximum Gasteiger partial charge on any atom is 0.333 e. The van der Waals surface area contributed by atoms with Crippen molar-refractivity contribution >= 4 is 17.2 Å². The monoisotopic (exact) mass is 396 g/mol. The molecule has 5 rings (SSSR count). The lowest BCUT2D eigenvalue weighted by molar-refractivity contribution is -0.149. The van der Waals surface area contributed by atoms with Crippen molar-refractivity contribution in [1.82, 2.24) is 5.32 Å². The number of nitrogens with one attached hydrogen (secondary N) is 2. The molecular formula is C24H20N4O2. The highest BCUT2D eigenvalue weighted by atomic mass is 16.5. The second-order valence-electron chi connectivity index (χ2n) is 7.85. The molecule has 2 N–H and O–H groups in total. The van der Waals surface area contributed by atoms with Crippen molar-refractivity contribution < 1.29 is 9.53 Å². The Morgan fingerprint density at radius 2 is 1.97 bits per heavy atom. The molecular weight excluding hydrogens is 376 g/mol. The summed E-state index contributed by atoms with van der Waals surface area (Å²) in [6.45, 7) is 2.70. The van der Waals surface area contributed by atoms with Crippen LogP contribution in [0.25, 0.3) is 5.57 Å². The van der Waals surface area contributed by atoms with Crippen molar-refractivity contribution in [2.75, 3.05) is 18.5 Å². The molecule has 30 heavy (non-hydrogen) atoms. The average Bonchev–Trinajstić information content (AvgIpc) is 3.41. The van der Waals surface area contributed by atoms with E-state index in [1.807, 2.05) is 30.3 Å². The van der Waals surface area contributed by atoms with E-state index in [0.717, 1.165) is 35.5 Å². The second-order valence-corrected chi connectivity index (χ2v) is 7.85. The molecule has 6 heteroatoms. The molecule has 3 atom stereocenters. The molecule has 1 saturated heterocycles. The summed E-state index contributed by atoms with van der Waals surface area (Å²) < 4.78 is 5.47. The molecule has 0 bridgehead atoms. The third kappa shape index (κ3) is 2.03. The minimum absolute atomic E-state index is 0.193. The summed E-state index contributed by atoms with van der Waals surface area (Å²) in [6, 6.07) is 19.1. The fourth-order valence-corrected chi connectivity index (χ4v) is 5.50. The molecule has 2 unspecified atom stereocenters. The highest BCUT2D eigenvalue weighted by molar-refractivity contribution is 6.03. The van der Waals surface area contributed by atoms with Gasteiger partial charge in [0.1, 0.15) is 0 Å². The molecule has 0 aromatic heterocycles. The maximum absolute atomic E-state index is 13.4. The van der Waals surface area contributed by atoms with Gasteiger partial charge in [0.15, 0.2) is 0 Å². The van der Waals surface area contributed by atoms with Crippen LogP contribution in [0.15, 0.2) is 54.2 Å². The number of hydrogen-bond acceptors (Lipinski definition) is 6. The lowest BCUT2D eigenvalue weighted by atomic mass is 9.69. The van der Waals surface area contributed by atoms with Gasteiger partial charge >= 0.3 is 5.97 Å². The van der Waals surface area contributed by atoms with Crippen molar-refractivity contribution in [3.8, 4) is 12.1 Å². The summed E-state index contributed by atoms with van der Waals surface area (Å²) in [5.74, 6) is -0.541. The van der Waals surface area contributed by atoms with E-state index in [1.54, 1.807) is 19.1 Å². The van der Waals surface area contributed by atoms with Gasteiger partial charge in [-0.3, -0.25) is 0 Å². The van der Waals surface area contributed by atoms with Crippen molar-refractivity contribution in [3.05, 3.63) is 70.9 Å². The Labute approximate surface area is 174 Å². The highest BCUT2D eigenvalue weighted by Crippen LogP contribution is 2.65. The maximum atomic E-state index is 13.4. The number of fused-ring (bicyclic) bond motifs is 1. The van der Waals surface area contributed by atoms with Crippen molar-refractivity contribution in [2.45, 2.75) is 24.8 Å². The number of nitrogens with zero attached hydrogens (tertiary/aromatic N) is 2. The van der Waals surface area contributed by atoms with Crippen LogP contribution in [0.1, 0.15) is 30.0 Å². The summed E-state index contributed by atoms with van der Waals surface area (Å²) >= 11 is 0. The van der Waals surface area contributed by atoms with Gasteiger partial charge in [0.2, 0.25) is 5.41 Å². The standard InChI is InChI=1S/C24H20N4O2/c1-2-30-22(29)24(14-26)19(16-9-7-15(13-25)8-10-16)20-23(11-12-27-20)17-5-3-4-6-18(17)28-21(23)24/h3-10,21,27-28H,2,11-12H2,1H3/t21?,23?,24-/m0/s1. The smallest absolute Gasteiger partial charge is 0.333 e. The van der Waals surface area contributed by atoms with Crippen molar-refractivity contribution in [3.63, 3.8) is 0 Å². The second kappa shape index (κ2) is 6.37. The molecule has 2 heterocycles. The third-order valence-electron chi connectivity index (χ3n) is 6.62. The highest BCUT2D eigenvalue weighted by Gasteiger charge is 2.71. The predicted molar refractivity (Wildman–Crippen MR) is 111 cm³/mol. The summed E-state index contributed by atoms with van der Waals surface area (Å²) in [5, 5.41) is 26.7. The van der Waals surface area contributed by atoms with Gasteiger partial charge < -0.3 is 15.4 Å². The van der Waals surface area contributed by atoms with Crippen LogP contribution in [-0.4, -0.2) is 25.2 Å². The molecule has 0 radical (unpaired) electrons. The van der Waals surface area contributed by atoms with Gasteiger partial charge in [-0.15, -0.1) is 0 Å². The molecule has 6 nitrogen and oxygen atoms in total. The molecule has 2 aromatic carbocycles.